The van der Waals surface area contributed by atoms with Crippen molar-refractivity contribution in [3.05, 3.63) is 0 Å². The van der Waals surface area contributed by atoms with E-state index in [-0.39, 0.29) is 30.0 Å². The van der Waals surface area contributed by atoms with Crippen LogP contribution in [0, 0.1) is 17.8 Å². The Balaban J connectivity index is 2.11. The van der Waals surface area contributed by atoms with Gasteiger partial charge in [0.05, 0.1) is 18.1 Å². The highest BCUT2D eigenvalue weighted by Gasteiger charge is 2.47. The highest BCUT2D eigenvalue weighted by atomic mass is 16.5. The Kier molecular flexibility index (Phi) is 4.61. The quantitative estimate of drug-likeness (QED) is 0.837. The topological polar surface area (TPSA) is 75.6 Å². The maximum absolute atomic E-state index is 12.6. The number of rotatable bonds is 3. The van der Waals surface area contributed by atoms with Crippen molar-refractivity contribution < 1.29 is 19.4 Å². The van der Waals surface area contributed by atoms with E-state index in [4.69, 9.17) is 4.74 Å². The van der Waals surface area contributed by atoms with Crippen LogP contribution in [0.4, 0.5) is 0 Å². The van der Waals surface area contributed by atoms with E-state index in [1.165, 1.54) is 0 Å². The Bertz CT molecular complexity index is 415. The van der Waals surface area contributed by atoms with E-state index >= 15 is 0 Å². The molecule has 2 fully saturated rings. The predicted octanol–water partition coefficient (Wildman–Crippen LogP) is 2.20. The van der Waals surface area contributed by atoms with Crippen LogP contribution < -0.4 is 5.32 Å². The fourth-order valence-corrected chi connectivity index (χ4v) is 3.68. The number of hydrogen-bond acceptors (Lipinski definition) is 3. The van der Waals surface area contributed by atoms with E-state index in [9.17, 15) is 14.7 Å². The van der Waals surface area contributed by atoms with Gasteiger partial charge >= 0.3 is 5.97 Å². The number of carboxylic acids is 1. The average Bonchev–Trinajstić information content (AvgIpc) is 2.66. The summed E-state index contributed by atoms with van der Waals surface area (Å²) in [5.74, 6) is -0.711. The van der Waals surface area contributed by atoms with Gasteiger partial charge < -0.3 is 15.2 Å². The number of carbonyl (C=O) groups excluding carboxylic acids is 1. The zero-order valence-electron chi connectivity index (χ0n) is 13.4. The summed E-state index contributed by atoms with van der Waals surface area (Å²) in [6, 6.07) is 0. The molecular formula is C16H27NO4. The van der Waals surface area contributed by atoms with Crippen LogP contribution in [0.5, 0.6) is 0 Å². The van der Waals surface area contributed by atoms with Gasteiger partial charge in [-0.15, -0.1) is 0 Å². The van der Waals surface area contributed by atoms with Crippen molar-refractivity contribution in [1.29, 1.82) is 0 Å². The van der Waals surface area contributed by atoms with E-state index in [2.05, 4.69) is 12.2 Å². The molecule has 1 aliphatic carbocycles. The van der Waals surface area contributed by atoms with Crippen molar-refractivity contribution in [2.75, 3.05) is 0 Å². The van der Waals surface area contributed by atoms with Gasteiger partial charge in [0.25, 0.3) is 0 Å². The van der Waals surface area contributed by atoms with Crippen LogP contribution in [0.2, 0.25) is 0 Å². The standard InChI is InChI=1S/C16H27NO4/c1-9-5-7-16(8-6-9,15(19)20)17-14(18)13-10(2)11(3)21-12(13)4/h9-13H,5-8H2,1-4H3,(H,17,18)(H,19,20). The molecule has 2 rings (SSSR count). The fourth-order valence-electron chi connectivity index (χ4n) is 3.68. The molecule has 5 heteroatoms. The van der Waals surface area contributed by atoms with Crippen LogP contribution in [-0.2, 0) is 14.3 Å². The normalized spacial score (nSPS) is 43.5. The summed E-state index contributed by atoms with van der Waals surface area (Å²) in [6.07, 6.45) is 2.58. The molecule has 0 aromatic rings. The predicted molar refractivity (Wildman–Crippen MR) is 78.8 cm³/mol. The largest absolute Gasteiger partial charge is 0.480 e. The summed E-state index contributed by atoms with van der Waals surface area (Å²) in [5.41, 5.74) is -1.09. The Hall–Kier alpha value is -1.10. The zero-order chi connectivity index (χ0) is 15.8. The van der Waals surface area contributed by atoms with Crippen molar-refractivity contribution in [3.8, 4) is 0 Å². The smallest absolute Gasteiger partial charge is 0.329 e. The molecule has 5 nitrogen and oxygen atoms in total. The monoisotopic (exact) mass is 297 g/mol. The number of carboxylic acid groups (broad SMARTS) is 1. The van der Waals surface area contributed by atoms with E-state index in [1.54, 1.807) is 0 Å². The van der Waals surface area contributed by atoms with Gasteiger partial charge in [-0.25, -0.2) is 4.79 Å². The van der Waals surface area contributed by atoms with Gasteiger partial charge in [-0.1, -0.05) is 13.8 Å². The molecule has 21 heavy (non-hydrogen) atoms. The van der Waals surface area contributed by atoms with Crippen LogP contribution in [0.3, 0.4) is 0 Å². The molecule has 1 saturated carbocycles. The lowest BCUT2D eigenvalue weighted by Gasteiger charge is -2.37. The van der Waals surface area contributed by atoms with E-state index in [1.807, 2.05) is 20.8 Å². The molecule has 0 aromatic carbocycles. The number of hydrogen-bond donors (Lipinski definition) is 2. The van der Waals surface area contributed by atoms with Gasteiger partial charge in [0.15, 0.2) is 0 Å². The Morgan fingerprint density at radius 1 is 1.10 bits per heavy atom. The van der Waals surface area contributed by atoms with Crippen molar-refractivity contribution in [1.82, 2.24) is 5.32 Å². The SMILES string of the molecule is CC1CCC(NC(=O)C2C(C)OC(C)C2C)(C(=O)O)CC1. The third kappa shape index (κ3) is 3.07. The Morgan fingerprint density at radius 3 is 2.10 bits per heavy atom. The number of amides is 1. The maximum atomic E-state index is 12.6. The molecule has 2 N–H and O–H groups in total. The Morgan fingerprint density at radius 2 is 1.67 bits per heavy atom. The van der Waals surface area contributed by atoms with Gasteiger partial charge in [-0.2, -0.15) is 0 Å². The molecule has 1 amide bonds. The van der Waals surface area contributed by atoms with Crippen LogP contribution in [0.25, 0.3) is 0 Å². The van der Waals surface area contributed by atoms with Crippen LogP contribution in [-0.4, -0.2) is 34.7 Å². The molecular weight excluding hydrogens is 270 g/mol. The molecule has 1 aliphatic heterocycles. The second-order valence-electron chi connectivity index (χ2n) is 6.99. The van der Waals surface area contributed by atoms with Gasteiger partial charge in [-0.3, -0.25) is 4.79 Å². The second-order valence-corrected chi connectivity index (χ2v) is 6.99. The zero-order valence-corrected chi connectivity index (χ0v) is 13.4. The molecule has 4 atom stereocenters. The molecule has 2 aliphatic rings. The highest BCUT2D eigenvalue weighted by Crippen LogP contribution is 2.36. The van der Waals surface area contributed by atoms with E-state index in [0.717, 1.165) is 12.8 Å². The Labute approximate surface area is 126 Å². The first-order valence-electron chi connectivity index (χ1n) is 7.97. The maximum Gasteiger partial charge on any atom is 0.329 e. The van der Waals surface area contributed by atoms with E-state index in [0.29, 0.717) is 18.8 Å². The average molecular weight is 297 g/mol. The molecule has 1 saturated heterocycles. The molecule has 0 spiro atoms. The van der Waals surface area contributed by atoms with Crippen molar-refractivity contribution in [3.63, 3.8) is 0 Å². The molecule has 120 valence electrons. The number of carbonyl (C=O) groups is 2. The summed E-state index contributed by atoms with van der Waals surface area (Å²) < 4.78 is 5.70. The van der Waals surface area contributed by atoms with Gasteiger partial charge in [0.1, 0.15) is 5.54 Å². The van der Waals surface area contributed by atoms with Gasteiger partial charge in [0.2, 0.25) is 5.91 Å². The minimum atomic E-state index is -1.09. The van der Waals surface area contributed by atoms with Crippen LogP contribution in [0.1, 0.15) is 53.4 Å². The lowest BCUT2D eigenvalue weighted by Crippen LogP contribution is -2.58. The van der Waals surface area contributed by atoms with Gasteiger partial charge in [-0.05, 0) is 51.4 Å². The summed E-state index contributed by atoms with van der Waals surface area (Å²) in [7, 11) is 0. The molecule has 0 aromatic heterocycles. The number of nitrogens with one attached hydrogen (secondary N) is 1. The summed E-state index contributed by atoms with van der Waals surface area (Å²) in [4.78, 5) is 24.3. The second kappa shape index (κ2) is 5.95. The first kappa shape index (κ1) is 16.3. The summed E-state index contributed by atoms with van der Waals surface area (Å²) in [5, 5.41) is 12.5. The molecule has 0 radical (unpaired) electrons. The molecule has 4 unspecified atom stereocenters. The van der Waals surface area contributed by atoms with Crippen LogP contribution >= 0.6 is 0 Å². The van der Waals surface area contributed by atoms with Gasteiger partial charge in [0, 0.05) is 0 Å². The number of ether oxygens (including phenoxy) is 1. The summed E-state index contributed by atoms with van der Waals surface area (Å²) in [6.45, 7) is 7.98. The highest BCUT2D eigenvalue weighted by molar-refractivity contribution is 5.88. The minimum Gasteiger partial charge on any atom is -0.480 e. The van der Waals surface area contributed by atoms with Crippen molar-refractivity contribution in [2.45, 2.75) is 71.1 Å². The molecule has 1 heterocycles. The first-order valence-corrected chi connectivity index (χ1v) is 7.97. The third-order valence-corrected chi connectivity index (χ3v) is 5.44. The first-order chi connectivity index (χ1) is 9.77. The van der Waals surface area contributed by atoms with Crippen molar-refractivity contribution in [2.24, 2.45) is 17.8 Å². The fraction of sp³-hybridized carbons (Fsp3) is 0.875. The minimum absolute atomic E-state index is 0.0305. The number of aliphatic carboxylic acids is 1. The van der Waals surface area contributed by atoms with Crippen molar-refractivity contribution >= 4 is 11.9 Å². The molecule has 0 bridgehead atoms. The summed E-state index contributed by atoms with van der Waals surface area (Å²) >= 11 is 0. The van der Waals surface area contributed by atoms with Crippen LogP contribution in [0.15, 0.2) is 0 Å². The lowest BCUT2D eigenvalue weighted by atomic mass is 9.76. The third-order valence-electron chi connectivity index (χ3n) is 5.44. The van der Waals surface area contributed by atoms with E-state index < -0.39 is 11.5 Å². The lowest BCUT2D eigenvalue weighted by molar-refractivity contribution is -0.151.